The maximum Gasteiger partial charge on any atom is 0.327 e. The lowest BCUT2D eigenvalue weighted by atomic mass is 9.68. The minimum Gasteiger partial charge on any atom is -0.206 e. The molecule has 0 nitrogen and oxygen atoms in total. The summed E-state index contributed by atoms with van der Waals surface area (Å²) < 4.78 is 51.1. The van der Waals surface area contributed by atoms with Crippen LogP contribution in [-0.2, 0) is 10.4 Å². The Labute approximate surface area is 186 Å². The van der Waals surface area contributed by atoms with Gasteiger partial charge in [0.15, 0.2) is 0 Å². The van der Waals surface area contributed by atoms with Crippen LogP contribution in [0, 0.1) is 35.3 Å². The Kier molecular flexibility index (Phi) is 8.30. The molecule has 0 aliphatic heterocycles. The molecule has 1 aromatic rings. The van der Waals surface area contributed by atoms with Gasteiger partial charge in [-0.15, -0.1) is 0 Å². The summed E-state index contributed by atoms with van der Waals surface area (Å²) >= 11 is 0.774. The minimum absolute atomic E-state index is 0.487. The van der Waals surface area contributed by atoms with Crippen molar-refractivity contribution in [2.45, 2.75) is 87.9 Å². The van der Waals surface area contributed by atoms with Gasteiger partial charge in [0.25, 0.3) is 0 Å². The largest absolute Gasteiger partial charge is 0.327 e. The van der Waals surface area contributed by atoms with Crippen LogP contribution in [0.2, 0.25) is 0 Å². The van der Waals surface area contributed by atoms with Crippen molar-refractivity contribution in [2.75, 3.05) is 0 Å². The fraction of sp³-hybridized carbons (Fsp3) is 0.750. The lowest BCUT2D eigenvalue weighted by Gasteiger charge is -2.38. The first-order chi connectivity index (χ1) is 13.8. The van der Waals surface area contributed by atoms with Gasteiger partial charge in [-0.1, -0.05) is 45.4 Å². The Hall–Kier alpha value is -0.330. The third-order valence-electron chi connectivity index (χ3n) is 7.37. The highest BCUT2D eigenvalue weighted by atomic mass is 127. The molecular weight excluding hydrogens is 491 g/mol. The van der Waals surface area contributed by atoms with Gasteiger partial charge in [-0.3, -0.25) is 0 Å². The SMILES string of the molecule is CCCC1CCC(C2CCC(CCc3cc(F)c(C(F)(F)I)c(F)c3)CC2)CC1. The van der Waals surface area contributed by atoms with E-state index in [2.05, 4.69) is 6.92 Å². The molecule has 1 aromatic carbocycles. The Bertz CT molecular complexity index is 630. The third kappa shape index (κ3) is 6.33. The van der Waals surface area contributed by atoms with Gasteiger partial charge >= 0.3 is 3.93 Å². The smallest absolute Gasteiger partial charge is 0.206 e. The molecule has 0 unspecified atom stereocenters. The molecule has 5 heteroatoms. The summed E-state index contributed by atoms with van der Waals surface area (Å²) in [5.74, 6) is 1.01. The summed E-state index contributed by atoms with van der Waals surface area (Å²) in [4.78, 5) is 0. The Morgan fingerprint density at radius 1 is 0.828 bits per heavy atom. The molecule has 0 spiro atoms. The van der Waals surface area contributed by atoms with E-state index in [1.165, 1.54) is 64.2 Å². The van der Waals surface area contributed by atoms with Crippen molar-refractivity contribution in [3.8, 4) is 0 Å². The first-order valence-electron chi connectivity index (χ1n) is 11.3. The summed E-state index contributed by atoms with van der Waals surface area (Å²) in [5.41, 5.74) is -0.642. The van der Waals surface area contributed by atoms with Crippen molar-refractivity contribution in [3.05, 3.63) is 34.9 Å². The highest BCUT2D eigenvalue weighted by Crippen LogP contribution is 2.43. The molecule has 3 rings (SSSR count). The zero-order chi connectivity index (χ0) is 21.0. The molecule has 2 aliphatic rings. The predicted molar refractivity (Wildman–Crippen MR) is 118 cm³/mol. The van der Waals surface area contributed by atoms with Crippen molar-refractivity contribution in [2.24, 2.45) is 23.7 Å². The minimum atomic E-state index is -3.53. The molecule has 0 saturated heterocycles. The van der Waals surface area contributed by atoms with Crippen LogP contribution in [0.1, 0.15) is 88.7 Å². The first kappa shape index (κ1) is 23.3. The summed E-state index contributed by atoms with van der Waals surface area (Å²) in [6.07, 6.45) is 14.7. The van der Waals surface area contributed by atoms with Crippen LogP contribution in [0.25, 0.3) is 0 Å². The second-order valence-electron chi connectivity index (χ2n) is 9.32. The lowest BCUT2D eigenvalue weighted by Crippen LogP contribution is -2.26. The van der Waals surface area contributed by atoms with E-state index in [-0.39, 0.29) is 0 Å². The molecule has 164 valence electrons. The van der Waals surface area contributed by atoms with Gasteiger partial charge in [0.1, 0.15) is 17.2 Å². The zero-order valence-corrected chi connectivity index (χ0v) is 19.5. The van der Waals surface area contributed by atoms with E-state index in [0.717, 1.165) is 58.9 Å². The van der Waals surface area contributed by atoms with E-state index in [0.29, 0.717) is 17.9 Å². The average molecular weight is 524 g/mol. The molecule has 29 heavy (non-hydrogen) atoms. The standard InChI is InChI=1S/C24H33F4I/c1-2-3-16-6-10-19(11-7-16)20-12-8-17(9-13-20)4-5-18-14-21(25)23(22(26)15-18)24(27,28)29/h14-17,19-20H,2-13H2,1H3. The predicted octanol–water partition coefficient (Wildman–Crippen LogP) is 8.79. The van der Waals surface area contributed by atoms with Gasteiger partial charge in [-0.05, 0) is 79.9 Å². The Morgan fingerprint density at radius 2 is 1.28 bits per heavy atom. The summed E-state index contributed by atoms with van der Waals surface area (Å²) in [5, 5.41) is 0. The van der Waals surface area contributed by atoms with Gasteiger partial charge in [-0.25, -0.2) is 8.78 Å². The van der Waals surface area contributed by atoms with E-state index in [4.69, 9.17) is 0 Å². The maximum atomic E-state index is 14.0. The highest BCUT2D eigenvalue weighted by Gasteiger charge is 2.35. The van der Waals surface area contributed by atoms with Crippen LogP contribution in [0.4, 0.5) is 17.6 Å². The summed E-state index contributed by atoms with van der Waals surface area (Å²) in [7, 11) is 0. The number of aryl methyl sites for hydroxylation is 1. The van der Waals surface area contributed by atoms with E-state index in [1.54, 1.807) is 0 Å². The first-order valence-corrected chi connectivity index (χ1v) is 12.4. The second kappa shape index (κ2) is 10.3. The molecular formula is C24H33F4I. The fourth-order valence-corrected chi connectivity index (χ4v) is 6.23. The number of hydrogen-bond donors (Lipinski definition) is 0. The number of rotatable bonds is 7. The van der Waals surface area contributed by atoms with Gasteiger partial charge in [0, 0.05) is 22.6 Å². The van der Waals surface area contributed by atoms with Crippen LogP contribution in [0.3, 0.4) is 0 Å². The van der Waals surface area contributed by atoms with Crippen molar-refractivity contribution < 1.29 is 17.6 Å². The fourth-order valence-electron chi connectivity index (χ4n) is 5.72. The molecule has 2 fully saturated rings. The topological polar surface area (TPSA) is 0 Å². The summed E-state index contributed by atoms with van der Waals surface area (Å²) in [6.45, 7) is 2.28. The molecule has 0 N–H and O–H groups in total. The molecule has 0 bridgehead atoms. The van der Waals surface area contributed by atoms with Crippen molar-refractivity contribution in [1.29, 1.82) is 0 Å². The molecule has 2 saturated carbocycles. The average Bonchev–Trinajstić information content (AvgIpc) is 2.66. The van der Waals surface area contributed by atoms with Crippen LogP contribution in [0.5, 0.6) is 0 Å². The van der Waals surface area contributed by atoms with Crippen LogP contribution in [0.15, 0.2) is 12.1 Å². The second-order valence-corrected chi connectivity index (χ2v) is 10.7. The van der Waals surface area contributed by atoms with Crippen molar-refractivity contribution in [3.63, 3.8) is 0 Å². The zero-order valence-electron chi connectivity index (χ0n) is 17.3. The molecule has 0 radical (unpaired) electrons. The van der Waals surface area contributed by atoms with E-state index < -0.39 is 21.1 Å². The van der Waals surface area contributed by atoms with Crippen LogP contribution >= 0.6 is 22.6 Å². The number of halogens is 5. The normalized spacial score (nSPS) is 28.5. The molecule has 0 amide bonds. The Morgan fingerprint density at radius 3 is 1.69 bits per heavy atom. The monoisotopic (exact) mass is 524 g/mol. The van der Waals surface area contributed by atoms with Crippen molar-refractivity contribution >= 4 is 22.6 Å². The van der Waals surface area contributed by atoms with E-state index in [1.807, 2.05) is 0 Å². The molecule has 0 atom stereocenters. The molecule has 0 aromatic heterocycles. The lowest BCUT2D eigenvalue weighted by molar-refractivity contribution is 0.117. The van der Waals surface area contributed by atoms with Gasteiger partial charge < -0.3 is 0 Å². The van der Waals surface area contributed by atoms with Gasteiger partial charge in [-0.2, -0.15) is 8.78 Å². The molecule has 0 heterocycles. The number of benzene rings is 1. The highest BCUT2D eigenvalue weighted by molar-refractivity contribution is 14.1. The van der Waals surface area contributed by atoms with E-state index in [9.17, 15) is 17.6 Å². The third-order valence-corrected chi connectivity index (χ3v) is 7.91. The Balaban J connectivity index is 1.45. The number of hydrogen-bond acceptors (Lipinski definition) is 0. The van der Waals surface area contributed by atoms with E-state index >= 15 is 0 Å². The van der Waals surface area contributed by atoms with Gasteiger partial charge in [0.05, 0.1) is 0 Å². The number of alkyl halides is 3. The quantitative estimate of drug-likeness (QED) is 0.190. The van der Waals surface area contributed by atoms with Crippen molar-refractivity contribution in [1.82, 2.24) is 0 Å². The summed E-state index contributed by atoms with van der Waals surface area (Å²) in [6, 6.07) is 2.18. The van der Waals surface area contributed by atoms with Gasteiger partial charge in [0.2, 0.25) is 0 Å². The maximum absolute atomic E-state index is 14.0. The van der Waals surface area contributed by atoms with Crippen LogP contribution < -0.4 is 0 Å². The molecule has 2 aliphatic carbocycles. The van der Waals surface area contributed by atoms with Crippen LogP contribution in [-0.4, -0.2) is 0 Å².